The zero-order chi connectivity index (χ0) is 20.9. The van der Waals surface area contributed by atoms with Crippen molar-refractivity contribution in [3.8, 4) is 17.1 Å². The molecule has 3 nitrogen and oxygen atoms in total. The summed E-state index contributed by atoms with van der Waals surface area (Å²) in [4.78, 5) is 8.93. The summed E-state index contributed by atoms with van der Waals surface area (Å²) in [7, 11) is 0. The van der Waals surface area contributed by atoms with Crippen molar-refractivity contribution >= 4 is 0 Å². The quantitative estimate of drug-likeness (QED) is 0.321. The van der Waals surface area contributed by atoms with Crippen LogP contribution in [0.5, 0.6) is 5.75 Å². The van der Waals surface area contributed by atoms with Gasteiger partial charge in [-0.25, -0.2) is 18.7 Å². The van der Waals surface area contributed by atoms with E-state index in [1.165, 1.54) is 38.5 Å². The molecule has 0 saturated heterocycles. The number of unbranched alkanes of at least 4 members (excludes halogenated alkanes) is 5. The first-order valence-electron chi connectivity index (χ1n) is 11.0. The maximum absolute atomic E-state index is 13.7. The molecule has 160 valence electrons. The second-order valence-corrected chi connectivity index (χ2v) is 7.59. The van der Waals surface area contributed by atoms with E-state index in [0.717, 1.165) is 17.5 Å². The Bertz CT molecular complexity index is 676. The van der Waals surface area contributed by atoms with Crippen LogP contribution >= 0.6 is 0 Å². The van der Waals surface area contributed by atoms with E-state index in [0.29, 0.717) is 18.0 Å². The van der Waals surface area contributed by atoms with Crippen LogP contribution in [0.3, 0.4) is 0 Å². The van der Waals surface area contributed by atoms with Gasteiger partial charge in [-0.1, -0.05) is 52.4 Å². The molecule has 1 heterocycles. The van der Waals surface area contributed by atoms with Crippen LogP contribution in [0.2, 0.25) is 0 Å². The van der Waals surface area contributed by atoms with Gasteiger partial charge in [0.25, 0.3) is 0 Å². The number of hydrogen-bond acceptors (Lipinski definition) is 3. The molecule has 1 aromatic carbocycles. The van der Waals surface area contributed by atoms with Crippen LogP contribution in [0.15, 0.2) is 36.7 Å². The van der Waals surface area contributed by atoms with Gasteiger partial charge in [0.05, 0.1) is 0 Å². The van der Waals surface area contributed by atoms with E-state index >= 15 is 0 Å². The average Bonchev–Trinajstić information content (AvgIpc) is 2.75. The minimum atomic E-state index is -1.60. The monoisotopic (exact) mass is 404 g/mol. The molecule has 0 spiro atoms. The standard InChI is InChI=1S/C24H34F2N2O/c1-3-5-6-7-8-9-11-19-16-27-24(28-17-19)20-12-14-21(15-13-20)29-18-23(26)22(25)10-4-2/h12-17,22-23H,3-11,18H2,1-2H3/t22-,23-/m1/s1. The number of halogens is 2. The number of aromatic nitrogens is 2. The average molecular weight is 405 g/mol. The summed E-state index contributed by atoms with van der Waals surface area (Å²) in [5.41, 5.74) is 2.03. The molecule has 0 amide bonds. The normalized spacial score (nSPS) is 13.2. The van der Waals surface area contributed by atoms with Crippen molar-refractivity contribution in [1.29, 1.82) is 0 Å². The first-order chi connectivity index (χ1) is 14.1. The van der Waals surface area contributed by atoms with Gasteiger partial charge in [0.1, 0.15) is 18.5 Å². The molecule has 29 heavy (non-hydrogen) atoms. The third-order valence-corrected chi connectivity index (χ3v) is 5.00. The molecule has 2 atom stereocenters. The SMILES string of the molecule is CCCCCCCCc1cnc(-c2ccc(OC[C@@H](F)[C@H](F)CCC)cc2)nc1. The lowest BCUT2D eigenvalue weighted by Crippen LogP contribution is -2.24. The molecular formula is C24H34F2N2O. The number of nitrogens with zero attached hydrogens (tertiary/aromatic N) is 2. The lowest BCUT2D eigenvalue weighted by atomic mass is 10.1. The lowest BCUT2D eigenvalue weighted by Gasteiger charge is -2.14. The van der Waals surface area contributed by atoms with Gasteiger partial charge < -0.3 is 4.74 Å². The number of alkyl halides is 2. The Kier molecular flexibility index (Phi) is 10.6. The number of hydrogen-bond donors (Lipinski definition) is 0. The number of rotatable bonds is 14. The first kappa shape index (κ1) is 23.2. The number of ether oxygens (including phenoxy) is 1. The smallest absolute Gasteiger partial charge is 0.165 e. The predicted octanol–water partition coefficient (Wildman–Crippen LogP) is 6.90. The Morgan fingerprint density at radius 3 is 2.14 bits per heavy atom. The summed E-state index contributed by atoms with van der Waals surface area (Å²) in [5, 5.41) is 0. The van der Waals surface area contributed by atoms with Crippen LogP contribution < -0.4 is 4.74 Å². The van der Waals surface area contributed by atoms with Gasteiger partial charge in [-0.2, -0.15) is 0 Å². The zero-order valence-corrected chi connectivity index (χ0v) is 17.7. The summed E-state index contributed by atoms with van der Waals surface area (Å²) in [5.74, 6) is 1.16. The highest BCUT2D eigenvalue weighted by Gasteiger charge is 2.20. The van der Waals surface area contributed by atoms with Gasteiger partial charge in [0.15, 0.2) is 12.0 Å². The second kappa shape index (κ2) is 13.2. The van der Waals surface area contributed by atoms with E-state index in [4.69, 9.17) is 4.74 Å². The van der Waals surface area contributed by atoms with Crippen LogP contribution in [0, 0.1) is 0 Å². The van der Waals surface area contributed by atoms with E-state index < -0.39 is 12.3 Å². The van der Waals surface area contributed by atoms with Crippen LogP contribution in [0.25, 0.3) is 11.4 Å². The third kappa shape index (κ3) is 8.46. The molecule has 0 saturated carbocycles. The van der Waals surface area contributed by atoms with Crippen molar-refractivity contribution in [2.24, 2.45) is 0 Å². The molecule has 0 fully saturated rings. The highest BCUT2D eigenvalue weighted by atomic mass is 19.2. The molecule has 0 N–H and O–H groups in total. The summed E-state index contributed by atoms with van der Waals surface area (Å²) < 4.78 is 32.6. The lowest BCUT2D eigenvalue weighted by molar-refractivity contribution is 0.103. The molecule has 2 aromatic rings. The molecule has 1 aromatic heterocycles. The minimum Gasteiger partial charge on any atom is -0.490 e. The molecule has 0 aliphatic rings. The van der Waals surface area contributed by atoms with E-state index in [1.807, 2.05) is 31.5 Å². The molecule has 0 aliphatic heterocycles. The van der Waals surface area contributed by atoms with Crippen LogP contribution in [-0.2, 0) is 6.42 Å². The number of aryl methyl sites for hydroxylation is 1. The van der Waals surface area contributed by atoms with E-state index in [2.05, 4.69) is 16.9 Å². The van der Waals surface area contributed by atoms with Crippen molar-refractivity contribution in [3.05, 3.63) is 42.2 Å². The molecule has 0 radical (unpaired) electrons. The highest BCUT2D eigenvalue weighted by Crippen LogP contribution is 2.21. The maximum Gasteiger partial charge on any atom is 0.165 e. The van der Waals surface area contributed by atoms with Gasteiger partial charge in [0.2, 0.25) is 0 Å². The highest BCUT2D eigenvalue weighted by molar-refractivity contribution is 5.55. The van der Waals surface area contributed by atoms with Crippen molar-refractivity contribution in [2.75, 3.05) is 6.61 Å². The summed E-state index contributed by atoms with van der Waals surface area (Å²) in [6.07, 6.45) is 10.2. The van der Waals surface area contributed by atoms with Gasteiger partial charge in [-0.15, -0.1) is 0 Å². The van der Waals surface area contributed by atoms with Crippen molar-refractivity contribution in [1.82, 2.24) is 9.97 Å². The Balaban J connectivity index is 1.79. The Morgan fingerprint density at radius 1 is 0.828 bits per heavy atom. The van der Waals surface area contributed by atoms with Gasteiger partial charge >= 0.3 is 0 Å². The summed E-state index contributed by atoms with van der Waals surface area (Å²) in [6, 6.07) is 7.15. The molecular weight excluding hydrogens is 370 g/mol. The van der Waals surface area contributed by atoms with Gasteiger partial charge in [0, 0.05) is 18.0 Å². The minimum absolute atomic E-state index is 0.218. The fourth-order valence-electron chi connectivity index (χ4n) is 3.18. The van der Waals surface area contributed by atoms with E-state index in [9.17, 15) is 8.78 Å². The molecule has 2 rings (SSSR count). The van der Waals surface area contributed by atoms with Crippen molar-refractivity contribution < 1.29 is 13.5 Å². The topological polar surface area (TPSA) is 35.0 Å². The zero-order valence-electron chi connectivity index (χ0n) is 17.7. The largest absolute Gasteiger partial charge is 0.490 e. The van der Waals surface area contributed by atoms with E-state index in [1.54, 1.807) is 12.1 Å². The molecule has 0 bridgehead atoms. The Labute approximate surface area is 173 Å². The van der Waals surface area contributed by atoms with Gasteiger partial charge in [-0.3, -0.25) is 0 Å². The summed E-state index contributed by atoms with van der Waals surface area (Å²) in [6.45, 7) is 3.79. The summed E-state index contributed by atoms with van der Waals surface area (Å²) >= 11 is 0. The van der Waals surface area contributed by atoms with Gasteiger partial charge in [-0.05, 0) is 49.1 Å². The Morgan fingerprint density at radius 2 is 1.48 bits per heavy atom. The van der Waals surface area contributed by atoms with Crippen LogP contribution in [0.4, 0.5) is 8.78 Å². The van der Waals surface area contributed by atoms with E-state index in [-0.39, 0.29) is 13.0 Å². The first-order valence-corrected chi connectivity index (χ1v) is 11.0. The molecule has 0 unspecified atom stereocenters. The third-order valence-electron chi connectivity index (χ3n) is 5.00. The fourth-order valence-corrected chi connectivity index (χ4v) is 3.18. The van der Waals surface area contributed by atoms with Crippen LogP contribution in [-0.4, -0.2) is 28.9 Å². The second-order valence-electron chi connectivity index (χ2n) is 7.59. The van der Waals surface area contributed by atoms with Crippen LogP contribution in [0.1, 0.15) is 70.8 Å². The molecule has 5 heteroatoms. The fraction of sp³-hybridized carbons (Fsp3) is 0.583. The predicted molar refractivity (Wildman–Crippen MR) is 115 cm³/mol. The van der Waals surface area contributed by atoms with Crippen molar-refractivity contribution in [2.45, 2.75) is 84.0 Å². The maximum atomic E-state index is 13.7. The number of benzene rings is 1. The molecule has 0 aliphatic carbocycles. The van der Waals surface area contributed by atoms with Crippen molar-refractivity contribution in [3.63, 3.8) is 0 Å². The Hall–Kier alpha value is -2.04.